The normalized spacial score (nSPS) is 16.1. The van der Waals surface area contributed by atoms with Crippen molar-refractivity contribution in [3.63, 3.8) is 0 Å². The van der Waals surface area contributed by atoms with Gasteiger partial charge in [0, 0.05) is 61.9 Å². The Morgan fingerprint density at radius 1 is 1.12 bits per heavy atom. The van der Waals surface area contributed by atoms with Crippen molar-refractivity contribution in [3.8, 4) is 22.4 Å². The lowest BCUT2D eigenvalue weighted by Gasteiger charge is -2.38. The van der Waals surface area contributed by atoms with E-state index in [0.29, 0.717) is 23.5 Å². The third-order valence-electron chi connectivity index (χ3n) is 7.56. The zero-order chi connectivity index (χ0) is 28.1. The molecule has 1 aliphatic heterocycles. The molecule has 0 atom stereocenters. The number of nitrogens with zero attached hydrogens (tertiary/aromatic N) is 5. The lowest BCUT2D eigenvalue weighted by molar-refractivity contribution is -0.118. The molecular weight excluding hydrogens is 526 g/mol. The first-order valence-corrected chi connectivity index (χ1v) is 14.3. The summed E-state index contributed by atoms with van der Waals surface area (Å²) in [7, 11) is 1.00. The van der Waals surface area contributed by atoms with E-state index in [1.807, 2.05) is 43.6 Å². The summed E-state index contributed by atoms with van der Waals surface area (Å²) < 4.78 is 0.944. The quantitative estimate of drug-likeness (QED) is 0.276. The number of carbonyl (C=O) groups is 2. The molecule has 11 heteroatoms. The Kier molecular flexibility index (Phi) is 8.32. The number of benzene rings is 1. The third-order valence-corrected chi connectivity index (χ3v) is 8.58. The second-order valence-electron chi connectivity index (χ2n) is 9.97. The fourth-order valence-electron chi connectivity index (χ4n) is 5.30. The Morgan fingerprint density at radius 3 is 2.50 bits per heavy atom. The van der Waals surface area contributed by atoms with E-state index in [4.69, 9.17) is 5.11 Å². The number of aromatic nitrogens is 4. The number of nitrogens with one attached hydrogen (secondary N) is 2. The van der Waals surface area contributed by atoms with Gasteiger partial charge in [0.25, 0.3) is 0 Å². The zero-order valence-corrected chi connectivity index (χ0v) is 23.4. The number of aliphatic hydroxyl groups excluding tert-OH is 1. The van der Waals surface area contributed by atoms with Gasteiger partial charge in [0.15, 0.2) is 5.13 Å². The predicted molar refractivity (Wildman–Crippen MR) is 157 cm³/mol. The van der Waals surface area contributed by atoms with E-state index in [-0.39, 0.29) is 11.4 Å². The van der Waals surface area contributed by atoms with Crippen LogP contribution in [0.1, 0.15) is 32.6 Å². The van der Waals surface area contributed by atoms with Gasteiger partial charge in [-0.05, 0) is 68.4 Å². The van der Waals surface area contributed by atoms with Gasteiger partial charge in [0.05, 0.1) is 15.9 Å². The Bertz CT molecular complexity index is 1460. The number of hydrogen-bond donors (Lipinski definition) is 3. The molecule has 6 rings (SSSR count). The molecule has 4 aromatic rings. The minimum atomic E-state index is -0.282. The van der Waals surface area contributed by atoms with Crippen LogP contribution >= 0.6 is 11.3 Å². The summed E-state index contributed by atoms with van der Waals surface area (Å²) in [5.41, 5.74) is 4.18. The van der Waals surface area contributed by atoms with Gasteiger partial charge in [-0.3, -0.25) is 10.3 Å². The molecule has 2 amide bonds. The van der Waals surface area contributed by atoms with Crippen molar-refractivity contribution in [1.29, 1.82) is 0 Å². The largest absolute Gasteiger partial charge is 0.400 e. The summed E-state index contributed by atoms with van der Waals surface area (Å²) in [6.45, 7) is 4.00. The fourth-order valence-corrected chi connectivity index (χ4v) is 6.27. The highest BCUT2D eigenvalue weighted by Crippen LogP contribution is 2.50. The van der Waals surface area contributed by atoms with E-state index < -0.39 is 0 Å². The van der Waals surface area contributed by atoms with Crippen LogP contribution in [0.2, 0.25) is 0 Å². The van der Waals surface area contributed by atoms with Gasteiger partial charge in [-0.1, -0.05) is 17.4 Å². The van der Waals surface area contributed by atoms with Gasteiger partial charge in [0.2, 0.25) is 5.95 Å². The predicted octanol–water partition coefficient (Wildman–Crippen LogP) is 4.76. The SMILES string of the molecule is CCNC(=O)Nc1nc2cc(-c3cnc(N4CCC(C=O)(C5CC5)CC4)nc3)cc(-c3ccccn3)c2s1.CO. The van der Waals surface area contributed by atoms with Crippen LogP contribution in [0, 0.1) is 11.3 Å². The molecule has 10 nitrogen and oxygen atoms in total. The molecule has 3 aromatic heterocycles. The summed E-state index contributed by atoms with van der Waals surface area (Å²) in [6.07, 6.45) is 10.7. The lowest BCUT2D eigenvalue weighted by Crippen LogP contribution is -2.42. The molecule has 0 spiro atoms. The summed E-state index contributed by atoms with van der Waals surface area (Å²) in [4.78, 5) is 44.7. The van der Waals surface area contributed by atoms with Crippen LogP contribution < -0.4 is 15.5 Å². The van der Waals surface area contributed by atoms with Gasteiger partial charge >= 0.3 is 6.03 Å². The lowest BCUT2D eigenvalue weighted by atomic mass is 9.75. The number of aldehydes is 1. The maximum atomic E-state index is 12.1. The number of hydrogen-bond acceptors (Lipinski definition) is 9. The Balaban J connectivity index is 0.00000158. The van der Waals surface area contributed by atoms with E-state index in [2.05, 4.69) is 41.5 Å². The van der Waals surface area contributed by atoms with Crippen LogP contribution in [0.3, 0.4) is 0 Å². The molecule has 1 saturated carbocycles. The Labute approximate surface area is 236 Å². The molecule has 2 aliphatic rings. The average Bonchev–Trinajstić information content (AvgIpc) is 3.79. The van der Waals surface area contributed by atoms with Gasteiger partial charge in [-0.15, -0.1) is 0 Å². The number of amides is 2. The fraction of sp³-hybridized carbons (Fsp3) is 0.379. The van der Waals surface area contributed by atoms with Crippen LogP contribution in [-0.2, 0) is 4.79 Å². The highest BCUT2D eigenvalue weighted by atomic mass is 32.1. The first-order valence-electron chi connectivity index (χ1n) is 13.5. The Morgan fingerprint density at radius 2 is 1.88 bits per heavy atom. The molecule has 208 valence electrons. The van der Waals surface area contributed by atoms with Crippen LogP contribution in [0.5, 0.6) is 0 Å². The van der Waals surface area contributed by atoms with Crippen LogP contribution in [-0.4, -0.2) is 64.1 Å². The van der Waals surface area contributed by atoms with E-state index >= 15 is 0 Å². The van der Waals surface area contributed by atoms with Crippen molar-refractivity contribution < 1.29 is 14.7 Å². The maximum Gasteiger partial charge on any atom is 0.321 e. The Hall–Kier alpha value is -3.96. The highest BCUT2D eigenvalue weighted by molar-refractivity contribution is 7.22. The maximum absolute atomic E-state index is 12.1. The van der Waals surface area contributed by atoms with Crippen LogP contribution in [0.15, 0.2) is 48.9 Å². The number of thiazole rings is 1. The molecule has 0 bridgehead atoms. The first kappa shape index (κ1) is 27.6. The van der Waals surface area contributed by atoms with Crippen molar-refractivity contribution in [1.82, 2.24) is 25.3 Å². The second-order valence-corrected chi connectivity index (χ2v) is 11.0. The van der Waals surface area contributed by atoms with Crippen molar-refractivity contribution >= 4 is 45.0 Å². The molecular formula is C29H33N7O3S. The number of urea groups is 1. The molecule has 0 radical (unpaired) electrons. The summed E-state index contributed by atoms with van der Waals surface area (Å²) >= 11 is 1.42. The monoisotopic (exact) mass is 559 g/mol. The molecule has 1 saturated heterocycles. The number of aliphatic hydroxyl groups is 1. The summed E-state index contributed by atoms with van der Waals surface area (Å²) in [5, 5.41) is 13.1. The summed E-state index contributed by atoms with van der Waals surface area (Å²) in [6, 6.07) is 9.59. The molecule has 1 aliphatic carbocycles. The van der Waals surface area contributed by atoms with Gasteiger partial charge in [0.1, 0.15) is 6.29 Å². The topological polar surface area (TPSA) is 133 Å². The number of piperidine rings is 1. The number of carbonyl (C=O) groups excluding carboxylic acids is 2. The molecule has 4 heterocycles. The number of rotatable bonds is 7. The molecule has 2 fully saturated rings. The minimum absolute atomic E-state index is 0.147. The van der Waals surface area contributed by atoms with Crippen LogP contribution in [0.25, 0.3) is 32.6 Å². The van der Waals surface area contributed by atoms with E-state index in [0.717, 1.165) is 65.6 Å². The van der Waals surface area contributed by atoms with Crippen molar-refractivity contribution in [2.24, 2.45) is 11.3 Å². The first-order chi connectivity index (χ1) is 19.6. The average molecular weight is 560 g/mol. The number of anilines is 2. The highest BCUT2D eigenvalue weighted by Gasteiger charge is 2.47. The molecule has 0 unspecified atom stereocenters. The van der Waals surface area contributed by atoms with Crippen molar-refractivity contribution in [3.05, 3.63) is 48.9 Å². The standard InChI is InChI=1S/C28H29N7O2S.CH4O/c1-2-29-26(37)34-27-33-23-14-18(13-21(24(23)38-27)22-5-3-4-10-30-22)19-15-31-25(32-16-19)35-11-8-28(17-36,9-12-35)20-6-7-20;1-2/h3-5,10,13-17,20H,2,6-9,11-12H2,1H3,(H2,29,33,34,37);2H,1H3. The number of fused-ring (bicyclic) bond motifs is 1. The van der Waals surface area contributed by atoms with Gasteiger partial charge in [-0.2, -0.15) is 0 Å². The zero-order valence-electron chi connectivity index (χ0n) is 22.6. The van der Waals surface area contributed by atoms with Gasteiger partial charge in [-0.25, -0.2) is 19.7 Å². The van der Waals surface area contributed by atoms with Crippen molar-refractivity contribution in [2.45, 2.75) is 32.6 Å². The van der Waals surface area contributed by atoms with Gasteiger partial charge < -0.3 is 20.1 Å². The van der Waals surface area contributed by atoms with E-state index in [1.165, 1.54) is 30.5 Å². The molecule has 1 aromatic carbocycles. The van der Waals surface area contributed by atoms with Crippen molar-refractivity contribution in [2.75, 3.05) is 37.0 Å². The summed E-state index contributed by atoms with van der Waals surface area (Å²) in [5.74, 6) is 1.26. The molecule has 3 N–H and O–H groups in total. The van der Waals surface area contributed by atoms with Crippen LogP contribution in [0.4, 0.5) is 15.9 Å². The number of pyridine rings is 1. The van der Waals surface area contributed by atoms with E-state index in [1.54, 1.807) is 6.20 Å². The van der Waals surface area contributed by atoms with E-state index in [9.17, 15) is 9.59 Å². The second kappa shape index (κ2) is 12.1. The molecule has 40 heavy (non-hydrogen) atoms. The minimum Gasteiger partial charge on any atom is -0.400 e. The third kappa shape index (κ3) is 5.66. The smallest absolute Gasteiger partial charge is 0.321 e.